The molecule has 2 aromatic carbocycles. The van der Waals surface area contributed by atoms with Gasteiger partial charge in [-0.3, -0.25) is 4.79 Å². The highest BCUT2D eigenvalue weighted by Crippen LogP contribution is 2.34. The van der Waals surface area contributed by atoms with Crippen molar-refractivity contribution < 1.29 is 26.4 Å². The Morgan fingerprint density at radius 2 is 1.67 bits per heavy atom. The Kier molecular flexibility index (Phi) is 8.86. The molecule has 11 heteroatoms. The fourth-order valence-corrected chi connectivity index (χ4v) is 6.11. The molecule has 0 spiro atoms. The molecule has 0 atom stereocenters. The first-order valence-corrected chi connectivity index (χ1v) is 14.7. The predicted octanol–water partition coefficient (Wildman–Crippen LogP) is 6.03. The van der Waals surface area contributed by atoms with Crippen molar-refractivity contribution in [3.8, 4) is 0 Å². The maximum Gasteiger partial charge on any atom is 0.417 e. The first kappa shape index (κ1) is 28.9. The Bertz CT molecular complexity index is 1420. The highest BCUT2D eigenvalue weighted by atomic mass is 35.5. The zero-order valence-corrected chi connectivity index (χ0v) is 23.0. The van der Waals surface area contributed by atoms with Gasteiger partial charge in [-0.1, -0.05) is 55.3 Å². The number of nitrogens with zero attached hydrogens (tertiary/aromatic N) is 3. The van der Waals surface area contributed by atoms with Gasteiger partial charge in [-0.25, -0.2) is 13.4 Å². The number of carbonyl (C=O) groups excluding carboxylic acids is 1. The summed E-state index contributed by atoms with van der Waals surface area (Å²) in [5, 5.41) is -0.113. The molecule has 0 aliphatic carbocycles. The van der Waals surface area contributed by atoms with E-state index in [4.69, 9.17) is 11.6 Å². The summed E-state index contributed by atoms with van der Waals surface area (Å²) in [6.07, 6.45) is -0.679. The minimum atomic E-state index is -4.54. The van der Waals surface area contributed by atoms with E-state index in [0.29, 0.717) is 18.7 Å². The standard InChI is InChI=1S/C28H29ClF3N3O3S/c1-2-3-5-20-8-10-21(11-9-20)19-39(37,38)24-7-4-6-22(16-24)27(36)35-14-12-34(13-15-35)26-25(29)17-23(18-33-26)28(30,31)32/h4,6-11,16-18H,2-3,5,12-15,19H2,1H3. The fraction of sp³-hybridized carbons (Fsp3) is 0.357. The predicted molar refractivity (Wildman–Crippen MR) is 145 cm³/mol. The number of unbranched alkanes of at least 4 members (excludes halogenated alkanes) is 1. The molecule has 0 saturated carbocycles. The summed E-state index contributed by atoms with van der Waals surface area (Å²) in [7, 11) is -3.68. The largest absolute Gasteiger partial charge is 0.417 e. The average molecular weight is 580 g/mol. The first-order valence-electron chi connectivity index (χ1n) is 12.7. The molecule has 3 aromatic rings. The number of alkyl halides is 3. The number of carbonyl (C=O) groups is 1. The Morgan fingerprint density at radius 3 is 2.28 bits per heavy atom. The van der Waals surface area contributed by atoms with Gasteiger partial charge >= 0.3 is 6.18 Å². The number of rotatable bonds is 8. The number of piperazine rings is 1. The van der Waals surface area contributed by atoms with Crippen LogP contribution in [0.1, 0.15) is 46.8 Å². The van der Waals surface area contributed by atoms with Crippen molar-refractivity contribution in [1.82, 2.24) is 9.88 Å². The highest BCUT2D eigenvalue weighted by Gasteiger charge is 2.32. The molecular weight excluding hydrogens is 551 g/mol. The van der Waals surface area contributed by atoms with Crippen molar-refractivity contribution in [3.05, 3.63) is 88.1 Å². The molecule has 0 unspecified atom stereocenters. The molecule has 1 amide bonds. The third-order valence-electron chi connectivity index (χ3n) is 6.65. The SMILES string of the molecule is CCCCc1ccc(CS(=O)(=O)c2cccc(C(=O)N3CCN(c4ncc(C(F)(F)F)cc4Cl)CC3)c2)cc1. The zero-order valence-electron chi connectivity index (χ0n) is 21.4. The molecule has 0 N–H and O–H groups in total. The summed E-state index contributed by atoms with van der Waals surface area (Å²) in [4.78, 5) is 20.4. The maximum absolute atomic E-state index is 13.2. The van der Waals surface area contributed by atoms with Crippen LogP contribution in [0.3, 0.4) is 0 Å². The molecule has 208 valence electrons. The Balaban J connectivity index is 1.40. The number of benzene rings is 2. The molecule has 1 aliphatic heterocycles. The lowest BCUT2D eigenvalue weighted by atomic mass is 10.1. The Labute approximate surface area is 231 Å². The van der Waals surface area contributed by atoms with Crippen LogP contribution >= 0.6 is 11.6 Å². The van der Waals surface area contributed by atoms with Gasteiger partial charge in [0.25, 0.3) is 5.91 Å². The number of aromatic nitrogens is 1. The van der Waals surface area contributed by atoms with Gasteiger partial charge in [0.05, 0.1) is 21.2 Å². The lowest BCUT2D eigenvalue weighted by molar-refractivity contribution is -0.137. The number of hydrogen-bond acceptors (Lipinski definition) is 5. The van der Waals surface area contributed by atoms with Crippen LogP contribution in [0.4, 0.5) is 19.0 Å². The van der Waals surface area contributed by atoms with Crippen molar-refractivity contribution in [2.75, 3.05) is 31.1 Å². The van der Waals surface area contributed by atoms with Crippen LogP contribution in [0.25, 0.3) is 0 Å². The van der Waals surface area contributed by atoms with Gasteiger partial charge in [0.15, 0.2) is 9.84 Å². The highest BCUT2D eigenvalue weighted by molar-refractivity contribution is 7.90. The number of amides is 1. The van der Waals surface area contributed by atoms with E-state index in [1.807, 2.05) is 24.3 Å². The summed E-state index contributed by atoms with van der Waals surface area (Å²) in [6, 6.07) is 14.4. The summed E-state index contributed by atoms with van der Waals surface area (Å²) >= 11 is 6.07. The molecule has 39 heavy (non-hydrogen) atoms. The molecular formula is C28H29ClF3N3O3S. The molecule has 1 aromatic heterocycles. The van der Waals surface area contributed by atoms with Gasteiger partial charge in [0, 0.05) is 37.9 Å². The molecule has 6 nitrogen and oxygen atoms in total. The summed E-state index contributed by atoms with van der Waals surface area (Å²) in [5.74, 6) is -0.264. The lowest BCUT2D eigenvalue weighted by Gasteiger charge is -2.36. The second-order valence-corrected chi connectivity index (χ2v) is 11.9. The second-order valence-electron chi connectivity index (χ2n) is 9.51. The number of anilines is 1. The van der Waals surface area contributed by atoms with E-state index >= 15 is 0 Å². The van der Waals surface area contributed by atoms with Crippen LogP contribution < -0.4 is 4.90 Å². The first-order chi connectivity index (χ1) is 18.5. The number of pyridine rings is 1. The minimum Gasteiger partial charge on any atom is -0.352 e. The van der Waals surface area contributed by atoms with Crippen LogP contribution in [-0.4, -0.2) is 50.4 Å². The van der Waals surface area contributed by atoms with Gasteiger partial charge < -0.3 is 9.80 Å². The Hall–Kier alpha value is -3.11. The molecule has 0 bridgehead atoms. The van der Waals surface area contributed by atoms with E-state index in [1.54, 1.807) is 21.9 Å². The summed E-state index contributed by atoms with van der Waals surface area (Å²) in [5.41, 5.74) is 1.18. The molecule has 4 rings (SSSR count). The van der Waals surface area contributed by atoms with Gasteiger partial charge in [-0.05, 0) is 48.2 Å². The third-order valence-corrected chi connectivity index (χ3v) is 8.62. The summed E-state index contributed by atoms with van der Waals surface area (Å²) < 4.78 is 64.9. The zero-order chi connectivity index (χ0) is 28.2. The molecule has 2 heterocycles. The fourth-order valence-electron chi connectivity index (χ4n) is 4.43. The molecule has 1 saturated heterocycles. The van der Waals surface area contributed by atoms with Crippen molar-refractivity contribution in [1.29, 1.82) is 0 Å². The van der Waals surface area contributed by atoms with Crippen molar-refractivity contribution in [3.63, 3.8) is 0 Å². The molecule has 1 fully saturated rings. The van der Waals surface area contributed by atoms with Crippen LogP contribution in [-0.2, 0) is 28.2 Å². The van der Waals surface area contributed by atoms with Crippen LogP contribution in [0.2, 0.25) is 5.02 Å². The van der Waals surface area contributed by atoms with E-state index in [0.717, 1.165) is 31.5 Å². The van der Waals surface area contributed by atoms with Crippen LogP contribution in [0.15, 0.2) is 65.7 Å². The van der Waals surface area contributed by atoms with E-state index in [1.165, 1.54) is 17.7 Å². The second kappa shape index (κ2) is 12.0. The maximum atomic E-state index is 13.2. The normalized spacial score (nSPS) is 14.5. The number of halogens is 4. The average Bonchev–Trinajstić information content (AvgIpc) is 2.92. The quantitative estimate of drug-likeness (QED) is 0.326. The number of aryl methyl sites for hydroxylation is 1. The molecule has 1 aliphatic rings. The van der Waals surface area contributed by atoms with Gasteiger partial charge in [-0.2, -0.15) is 13.2 Å². The smallest absolute Gasteiger partial charge is 0.352 e. The van der Waals surface area contributed by atoms with Crippen molar-refractivity contribution in [2.24, 2.45) is 0 Å². The van der Waals surface area contributed by atoms with Gasteiger partial charge in [0.1, 0.15) is 5.82 Å². The minimum absolute atomic E-state index is 0.0720. The van der Waals surface area contributed by atoms with E-state index in [9.17, 15) is 26.4 Å². The van der Waals surface area contributed by atoms with Gasteiger partial charge in [0.2, 0.25) is 0 Å². The monoisotopic (exact) mass is 579 g/mol. The van der Waals surface area contributed by atoms with Crippen LogP contribution in [0, 0.1) is 0 Å². The third kappa shape index (κ3) is 7.10. The summed E-state index contributed by atoms with van der Waals surface area (Å²) in [6.45, 7) is 3.31. The van der Waals surface area contributed by atoms with E-state index in [2.05, 4.69) is 11.9 Å². The van der Waals surface area contributed by atoms with Crippen LogP contribution in [0.5, 0.6) is 0 Å². The Morgan fingerprint density at radius 1 is 1.00 bits per heavy atom. The molecule has 0 radical (unpaired) electrons. The van der Waals surface area contributed by atoms with Crippen molar-refractivity contribution >= 4 is 33.2 Å². The van der Waals surface area contributed by atoms with Gasteiger partial charge in [-0.15, -0.1) is 0 Å². The van der Waals surface area contributed by atoms with E-state index < -0.39 is 21.6 Å². The van der Waals surface area contributed by atoms with Crippen molar-refractivity contribution in [2.45, 2.75) is 43.0 Å². The lowest BCUT2D eigenvalue weighted by Crippen LogP contribution is -2.49. The van der Waals surface area contributed by atoms with E-state index in [-0.39, 0.29) is 46.0 Å². The number of hydrogen-bond donors (Lipinski definition) is 0. The number of sulfone groups is 1. The topological polar surface area (TPSA) is 70.6 Å².